The predicted octanol–water partition coefficient (Wildman–Crippen LogP) is 0.571. The van der Waals surface area contributed by atoms with E-state index in [4.69, 9.17) is 32.3 Å². The molecule has 0 saturated heterocycles. The summed E-state index contributed by atoms with van der Waals surface area (Å²) >= 11 is 10.9. The monoisotopic (exact) mass is 348 g/mol. The Bertz CT molecular complexity index is 585. The van der Waals surface area contributed by atoms with Crippen molar-refractivity contribution in [2.45, 2.75) is 9.79 Å². The summed E-state index contributed by atoms with van der Waals surface area (Å²) in [7, 11) is -9.40. The fourth-order valence-corrected chi connectivity index (χ4v) is 3.09. The van der Waals surface area contributed by atoms with Gasteiger partial charge in [-0.25, -0.2) is 0 Å². The quantitative estimate of drug-likeness (QED) is 0.597. The molecular weight excluding hydrogens is 343 g/mol. The molecule has 0 aromatic heterocycles. The van der Waals surface area contributed by atoms with Gasteiger partial charge in [-0.3, -0.25) is 9.11 Å². The number of benzene rings is 1. The summed E-state index contributed by atoms with van der Waals surface area (Å²) in [6, 6.07) is 1.25. The van der Waals surface area contributed by atoms with E-state index >= 15 is 0 Å². The van der Waals surface area contributed by atoms with Gasteiger partial charge in [0.15, 0.2) is 0 Å². The molecule has 1 aromatic rings. The molecule has 0 aliphatic carbocycles. The Morgan fingerprint density at radius 2 is 1.12 bits per heavy atom. The average molecular weight is 349 g/mol. The minimum atomic E-state index is -4.70. The van der Waals surface area contributed by atoms with Gasteiger partial charge in [-0.2, -0.15) is 16.8 Å². The summed E-state index contributed by atoms with van der Waals surface area (Å²) in [5, 5.41) is -0.917. The van der Waals surface area contributed by atoms with Crippen LogP contribution in [0.1, 0.15) is 0 Å². The van der Waals surface area contributed by atoms with Crippen LogP contribution in [-0.4, -0.2) is 63.7 Å². The molecule has 0 fully saturated rings. The van der Waals surface area contributed by atoms with Crippen molar-refractivity contribution in [2.75, 3.05) is 0 Å². The van der Waals surface area contributed by atoms with Crippen molar-refractivity contribution in [3.8, 4) is 0 Å². The Morgan fingerprint density at radius 3 is 1.35 bits per heavy atom. The van der Waals surface area contributed by atoms with Gasteiger partial charge in [-0.15, -0.1) is 0 Å². The molecule has 1 aromatic carbocycles. The molecule has 0 spiro atoms. The molecule has 94 valence electrons. The van der Waals surface area contributed by atoms with Gasteiger partial charge < -0.3 is 0 Å². The maximum atomic E-state index is 10.8. The molecule has 0 amide bonds. The third-order valence-corrected chi connectivity index (χ3v) is 4.18. The van der Waals surface area contributed by atoms with Crippen LogP contribution in [0.4, 0.5) is 0 Å². The molecule has 2 N–H and O–H groups in total. The average Bonchev–Trinajstić information content (AvgIpc) is 1.97. The van der Waals surface area contributed by atoms with Gasteiger partial charge in [0.2, 0.25) is 0 Å². The van der Waals surface area contributed by atoms with E-state index in [1.165, 1.54) is 0 Å². The SMILES string of the molecule is O=S(=O)(O)c1cc(S(=O)(=O)O)c(Cl)cc1Cl.[CaH2]. The molecule has 0 unspecified atom stereocenters. The van der Waals surface area contributed by atoms with E-state index in [9.17, 15) is 16.8 Å². The van der Waals surface area contributed by atoms with E-state index < -0.39 is 40.1 Å². The summed E-state index contributed by atoms with van der Waals surface area (Å²) in [6.45, 7) is 0. The van der Waals surface area contributed by atoms with Gasteiger partial charge >= 0.3 is 37.7 Å². The van der Waals surface area contributed by atoms with Crippen LogP contribution >= 0.6 is 23.2 Å². The summed E-state index contributed by atoms with van der Waals surface area (Å²) in [6.07, 6.45) is 0. The first-order valence-electron chi connectivity index (χ1n) is 3.47. The van der Waals surface area contributed by atoms with E-state index in [0.29, 0.717) is 6.07 Å². The molecular formula is C6H6CaCl2O6S2. The fourth-order valence-electron chi connectivity index (χ4n) is 0.906. The Morgan fingerprint density at radius 1 is 0.824 bits per heavy atom. The van der Waals surface area contributed by atoms with Crippen LogP contribution in [0.15, 0.2) is 21.9 Å². The van der Waals surface area contributed by atoms with E-state index in [2.05, 4.69) is 0 Å². The van der Waals surface area contributed by atoms with Crippen molar-refractivity contribution in [3.05, 3.63) is 22.2 Å². The van der Waals surface area contributed by atoms with E-state index in [-0.39, 0.29) is 37.7 Å². The van der Waals surface area contributed by atoms with Crippen molar-refractivity contribution < 1.29 is 25.9 Å². The van der Waals surface area contributed by atoms with Crippen LogP contribution < -0.4 is 0 Å². The van der Waals surface area contributed by atoms with E-state index in [0.717, 1.165) is 6.07 Å². The third-order valence-electron chi connectivity index (χ3n) is 1.54. The van der Waals surface area contributed by atoms with Gasteiger partial charge in [0.05, 0.1) is 10.0 Å². The van der Waals surface area contributed by atoms with Crippen molar-refractivity contribution in [1.82, 2.24) is 0 Å². The Hall–Kier alpha value is 0.880. The zero-order valence-corrected chi connectivity index (χ0v) is 10.4. The van der Waals surface area contributed by atoms with E-state index in [1.807, 2.05) is 0 Å². The number of hydrogen-bond donors (Lipinski definition) is 2. The zero-order chi connectivity index (χ0) is 12.7. The first kappa shape index (κ1) is 17.9. The predicted molar refractivity (Wildman–Crippen MR) is 64.6 cm³/mol. The summed E-state index contributed by atoms with van der Waals surface area (Å²) in [5.74, 6) is 0. The van der Waals surface area contributed by atoms with Crippen LogP contribution in [0.5, 0.6) is 0 Å². The standard InChI is InChI=1S/C6H4Cl2O6S2.Ca.2H/c7-3-1-4(8)6(16(12,13)14)2-5(3)15(9,10)11;;;/h1-2H,(H,9,10,11)(H,12,13,14);;;. The third kappa shape index (κ3) is 4.48. The molecule has 17 heavy (non-hydrogen) atoms. The normalized spacial score (nSPS) is 12.0. The van der Waals surface area contributed by atoms with Crippen LogP contribution in [0.2, 0.25) is 10.0 Å². The minimum absolute atomic E-state index is 0. The van der Waals surface area contributed by atoms with Crippen LogP contribution in [0, 0.1) is 0 Å². The summed E-state index contributed by atoms with van der Waals surface area (Å²) < 4.78 is 60.6. The number of halogens is 2. The Labute approximate surface area is 137 Å². The first-order chi connectivity index (χ1) is 7.03. The molecule has 0 bridgehead atoms. The van der Waals surface area contributed by atoms with Crippen LogP contribution in [-0.2, 0) is 20.2 Å². The van der Waals surface area contributed by atoms with Gasteiger partial charge in [-0.05, 0) is 12.1 Å². The zero-order valence-electron chi connectivity index (χ0n) is 7.25. The van der Waals surface area contributed by atoms with Crippen molar-refractivity contribution in [3.63, 3.8) is 0 Å². The summed E-state index contributed by atoms with van der Waals surface area (Å²) in [5.41, 5.74) is 0. The van der Waals surface area contributed by atoms with Gasteiger partial charge in [0, 0.05) is 0 Å². The number of rotatable bonds is 2. The molecule has 6 nitrogen and oxygen atoms in total. The van der Waals surface area contributed by atoms with Gasteiger partial charge in [-0.1, -0.05) is 23.2 Å². The number of hydrogen-bond acceptors (Lipinski definition) is 4. The Balaban J connectivity index is 0.00000256. The molecule has 0 radical (unpaired) electrons. The molecule has 0 atom stereocenters. The second kappa shape index (κ2) is 5.89. The molecule has 11 heteroatoms. The van der Waals surface area contributed by atoms with Crippen LogP contribution in [0.3, 0.4) is 0 Å². The topological polar surface area (TPSA) is 109 Å². The van der Waals surface area contributed by atoms with E-state index in [1.54, 1.807) is 0 Å². The second-order valence-electron chi connectivity index (χ2n) is 2.66. The fraction of sp³-hybridized carbons (Fsp3) is 0. The summed E-state index contributed by atoms with van der Waals surface area (Å²) in [4.78, 5) is -1.71. The Kier molecular flexibility index (Phi) is 6.20. The van der Waals surface area contributed by atoms with Crippen molar-refractivity contribution >= 4 is 81.2 Å². The molecule has 0 aliphatic heterocycles. The molecule has 0 heterocycles. The van der Waals surface area contributed by atoms with Crippen molar-refractivity contribution in [1.29, 1.82) is 0 Å². The van der Waals surface area contributed by atoms with Crippen molar-refractivity contribution in [2.24, 2.45) is 0 Å². The molecule has 0 aliphatic rings. The van der Waals surface area contributed by atoms with Crippen LogP contribution in [0.25, 0.3) is 0 Å². The molecule has 0 saturated carbocycles. The second-order valence-corrected chi connectivity index (χ2v) is 6.26. The molecule has 1 rings (SSSR count). The van der Waals surface area contributed by atoms with Gasteiger partial charge in [0.1, 0.15) is 9.79 Å². The maximum absolute atomic E-state index is 10.8. The van der Waals surface area contributed by atoms with Gasteiger partial charge in [0.25, 0.3) is 20.2 Å². The first-order valence-corrected chi connectivity index (χ1v) is 7.11.